The number of phenolic OH excluding ortho intramolecular Hbond substituents is 1. The van der Waals surface area contributed by atoms with E-state index < -0.39 is 18.0 Å². The summed E-state index contributed by atoms with van der Waals surface area (Å²) < 4.78 is 0.846. The summed E-state index contributed by atoms with van der Waals surface area (Å²) in [6.07, 6.45) is 0. The third-order valence-electron chi connectivity index (χ3n) is 4.26. The molecular formula is C19H21ClN4O4. The first-order valence-electron chi connectivity index (χ1n) is 8.45. The highest BCUT2D eigenvalue weighted by molar-refractivity contribution is 6.32. The second kappa shape index (κ2) is 8.00. The number of phenols is 1. The van der Waals surface area contributed by atoms with Crippen molar-refractivity contribution < 1.29 is 15.3 Å². The first-order valence-corrected chi connectivity index (χ1v) is 8.82. The molecule has 0 saturated heterocycles. The summed E-state index contributed by atoms with van der Waals surface area (Å²) >= 11 is 6.08. The van der Waals surface area contributed by atoms with Gasteiger partial charge in [-0.2, -0.15) is 5.26 Å². The molecule has 0 radical (unpaired) electrons. The number of rotatable bonds is 4. The van der Waals surface area contributed by atoms with Crippen molar-refractivity contribution in [1.29, 1.82) is 5.26 Å². The highest BCUT2D eigenvalue weighted by Gasteiger charge is 2.20. The minimum absolute atomic E-state index is 0.0662. The van der Waals surface area contributed by atoms with Gasteiger partial charge in [-0.05, 0) is 30.0 Å². The van der Waals surface area contributed by atoms with E-state index in [4.69, 9.17) is 16.7 Å². The number of azo groups is 1. The van der Waals surface area contributed by atoms with Gasteiger partial charge in [0.05, 0.1) is 18.2 Å². The van der Waals surface area contributed by atoms with E-state index in [9.17, 15) is 20.3 Å². The van der Waals surface area contributed by atoms with Crippen molar-refractivity contribution in [3.05, 3.63) is 44.2 Å². The van der Waals surface area contributed by atoms with E-state index in [-0.39, 0.29) is 45.2 Å². The summed E-state index contributed by atoms with van der Waals surface area (Å²) in [6, 6.07) is 5.05. The van der Waals surface area contributed by atoms with Gasteiger partial charge < -0.3 is 15.3 Å². The van der Waals surface area contributed by atoms with E-state index in [1.807, 2.05) is 26.8 Å². The molecule has 1 aromatic heterocycles. The lowest BCUT2D eigenvalue weighted by Crippen LogP contribution is -2.23. The highest BCUT2D eigenvalue weighted by Crippen LogP contribution is 2.39. The van der Waals surface area contributed by atoms with Gasteiger partial charge in [0.25, 0.3) is 5.56 Å². The largest absolute Gasteiger partial charge is 0.504 e. The van der Waals surface area contributed by atoms with Crippen LogP contribution in [-0.4, -0.2) is 26.5 Å². The minimum atomic E-state index is -0.718. The van der Waals surface area contributed by atoms with Crippen molar-refractivity contribution in [3.8, 4) is 17.7 Å². The van der Waals surface area contributed by atoms with Crippen LogP contribution in [0.25, 0.3) is 0 Å². The maximum Gasteiger partial charge on any atom is 0.281 e. The third-order valence-corrected chi connectivity index (χ3v) is 4.55. The molecule has 148 valence electrons. The summed E-state index contributed by atoms with van der Waals surface area (Å²) in [7, 11) is 0. The number of nitriles is 1. The second-order valence-corrected chi connectivity index (χ2v) is 7.65. The molecule has 0 bridgehead atoms. The molecule has 28 heavy (non-hydrogen) atoms. The molecule has 0 spiro atoms. The van der Waals surface area contributed by atoms with Crippen LogP contribution in [0.1, 0.15) is 37.5 Å². The molecule has 0 fully saturated rings. The molecule has 1 heterocycles. The lowest BCUT2D eigenvalue weighted by Gasteiger charge is -2.20. The van der Waals surface area contributed by atoms with Gasteiger partial charge in [0.15, 0.2) is 11.4 Å². The molecule has 0 aliphatic rings. The smallest absolute Gasteiger partial charge is 0.281 e. The lowest BCUT2D eigenvalue weighted by atomic mass is 9.87. The number of aromatic nitrogens is 1. The number of pyridine rings is 1. The zero-order valence-corrected chi connectivity index (χ0v) is 16.7. The van der Waals surface area contributed by atoms with E-state index >= 15 is 0 Å². The van der Waals surface area contributed by atoms with Gasteiger partial charge in [0, 0.05) is 5.56 Å². The number of benzene rings is 1. The van der Waals surface area contributed by atoms with Crippen LogP contribution in [-0.2, 0) is 12.0 Å². The number of nitrogens with zero attached hydrogens (tertiary/aromatic N) is 4. The molecule has 0 atom stereocenters. The van der Waals surface area contributed by atoms with Gasteiger partial charge in [-0.1, -0.05) is 32.4 Å². The number of aliphatic hydroxyl groups excluding tert-OH is 1. The van der Waals surface area contributed by atoms with Crippen LogP contribution in [0.5, 0.6) is 11.6 Å². The molecule has 2 rings (SSSR count). The maximum atomic E-state index is 12.6. The zero-order chi connectivity index (χ0) is 21.2. The number of halogens is 1. The van der Waals surface area contributed by atoms with Gasteiger partial charge in [-0.15, -0.1) is 10.2 Å². The SMILES string of the molecule is Cc1c(C#N)c(O)n(CCO)c(=O)c1N=Nc1cc(C(C)(C)C)cc(Cl)c1O. The van der Waals surface area contributed by atoms with E-state index in [0.717, 1.165) is 10.1 Å². The van der Waals surface area contributed by atoms with Gasteiger partial charge >= 0.3 is 0 Å². The van der Waals surface area contributed by atoms with E-state index in [1.165, 1.54) is 6.92 Å². The molecule has 0 saturated carbocycles. The summed E-state index contributed by atoms with van der Waals surface area (Å²) in [5.74, 6) is -0.829. The number of aromatic hydroxyl groups is 2. The predicted octanol–water partition coefficient (Wildman–Crippen LogP) is 3.80. The Morgan fingerprint density at radius 1 is 1.25 bits per heavy atom. The molecule has 9 heteroatoms. The Bertz CT molecular complexity index is 1050. The summed E-state index contributed by atoms with van der Waals surface area (Å²) in [5, 5.41) is 46.7. The molecule has 0 amide bonds. The van der Waals surface area contributed by atoms with Gasteiger partial charge in [0.1, 0.15) is 17.3 Å². The third kappa shape index (κ3) is 4.01. The molecule has 0 unspecified atom stereocenters. The van der Waals surface area contributed by atoms with E-state index in [2.05, 4.69) is 10.2 Å². The van der Waals surface area contributed by atoms with Crippen LogP contribution in [0.4, 0.5) is 11.4 Å². The minimum Gasteiger partial charge on any atom is -0.504 e. The normalized spacial score (nSPS) is 11.8. The number of aliphatic hydroxyl groups is 1. The van der Waals surface area contributed by atoms with Crippen LogP contribution in [0.2, 0.25) is 5.02 Å². The zero-order valence-electron chi connectivity index (χ0n) is 16.0. The first kappa shape index (κ1) is 21.4. The molecule has 2 aromatic rings. The van der Waals surface area contributed by atoms with Crippen molar-refractivity contribution in [2.45, 2.75) is 39.7 Å². The quantitative estimate of drug-likeness (QED) is 0.667. The van der Waals surface area contributed by atoms with Gasteiger partial charge in [0.2, 0.25) is 5.88 Å². The Morgan fingerprint density at radius 3 is 2.43 bits per heavy atom. The molecule has 1 aromatic carbocycles. The topological polar surface area (TPSA) is 131 Å². The van der Waals surface area contributed by atoms with Crippen LogP contribution < -0.4 is 5.56 Å². The Labute approximate surface area is 167 Å². The van der Waals surface area contributed by atoms with Gasteiger partial charge in [-0.3, -0.25) is 9.36 Å². The van der Waals surface area contributed by atoms with Crippen LogP contribution >= 0.6 is 11.6 Å². The Morgan fingerprint density at radius 2 is 1.89 bits per heavy atom. The molecule has 3 N–H and O–H groups in total. The average molecular weight is 405 g/mol. The fourth-order valence-electron chi connectivity index (χ4n) is 2.56. The standard InChI is InChI=1S/C19H21ClN4O4/c1-10-12(9-21)17(27)24(5-6-25)18(28)15(10)23-22-14-8-11(19(2,3)4)7-13(20)16(14)26/h7-8,25-27H,5-6H2,1-4H3. The van der Waals surface area contributed by atoms with Crippen LogP contribution in [0.15, 0.2) is 27.2 Å². The van der Waals surface area contributed by atoms with Gasteiger partial charge in [-0.25, -0.2) is 0 Å². The maximum absolute atomic E-state index is 12.6. The Hall–Kier alpha value is -2.89. The number of hydrogen-bond donors (Lipinski definition) is 3. The predicted molar refractivity (Wildman–Crippen MR) is 105 cm³/mol. The fourth-order valence-corrected chi connectivity index (χ4v) is 2.78. The van der Waals surface area contributed by atoms with E-state index in [1.54, 1.807) is 12.1 Å². The highest BCUT2D eigenvalue weighted by atomic mass is 35.5. The Balaban J connectivity index is 2.68. The summed E-state index contributed by atoms with van der Waals surface area (Å²) in [5.41, 5.74) is -0.298. The molecule has 0 aliphatic heterocycles. The van der Waals surface area contributed by atoms with Crippen molar-refractivity contribution in [3.63, 3.8) is 0 Å². The Kier molecular flexibility index (Phi) is 6.12. The number of hydrogen-bond acceptors (Lipinski definition) is 7. The molecule has 8 nitrogen and oxygen atoms in total. The first-order chi connectivity index (χ1) is 13.0. The monoisotopic (exact) mass is 404 g/mol. The summed E-state index contributed by atoms with van der Waals surface area (Å²) in [4.78, 5) is 12.6. The van der Waals surface area contributed by atoms with Crippen molar-refractivity contribution >= 4 is 23.0 Å². The molecule has 0 aliphatic carbocycles. The average Bonchev–Trinajstić information content (AvgIpc) is 2.61. The summed E-state index contributed by atoms with van der Waals surface area (Å²) in [6.45, 7) is 6.73. The van der Waals surface area contributed by atoms with Crippen molar-refractivity contribution in [2.75, 3.05) is 6.61 Å². The molecular weight excluding hydrogens is 384 g/mol. The second-order valence-electron chi connectivity index (χ2n) is 7.24. The van der Waals surface area contributed by atoms with Crippen molar-refractivity contribution in [1.82, 2.24) is 4.57 Å². The van der Waals surface area contributed by atoms with E-state index in [0.29, 0.717) is 0 Å². The van der Waals surface area contributed by atoms with Crippen LogP contribution in [0.3, 0.4) is 0 Å². The van der Waals surface area contributed by atoms with Crippen LogP contribution in [0, 0.1) is 18.3 Å². The lowest BCUT2D eigenvalue weighted by molar-refractivity contribution is 0.263. The fraction of sp³-hybridized carbons (Fsp3) is 0.368. The van der Waals surface area contributed by atoms with Crippen molar-refractivity contribution in [2.24, 2.45) is 10.2 Å².